The Kier molecular flexibility index (Phi) is 9.41. The molecular formula is C28H28NO3P3-2. The highest BCUT2D eigenvalue weighted by Crippen LogP contribution is 2.40. The molecule has 0 heterocycles. The van der Waals surface area contributed by atoms with Crippen molar-refractivity contribution >= 4 is 44.7 Å². The first-order valence-electron chi connectivity index (χ1n) is 11.5. The second-order valence-electron chi connectivity index (χ2n) is 8.21. The highest BCUT2D eigenvalue weighted by Gasteiger charge is 2.22. The summed E-state index contributed by atoms with van der Waals surface area (Å²) in [6, 6.07) is 41.5. The summed E-state index contributed by atoms with van der Waals surface area (Å²) in [5.74, 6) is 0. The van der Waals surface area contributed by atoms with Gasteiger partial charge in [-0.3, -0.25) is 4.90 Å². The Morgan fingerprint density at radius 2 is 0.829 bits per heavy atom. The van der Waals surface area contributed by atoms with Crippen molar-refractivity contribution in [1.82, 2.24) is 4.90 Å². The molecule has 180 valence electrons. The van der Waals surface area contributed by atoms with Crippen molar-refractivity contribution in [2.75, 3.05) is 25.3 Å². The molecule has 0 aliphatic carbocycles. The Labute approximate surface area is 210 Å². The quantitative estimate of drug-likeness (QED) is 0.285. The molecule has 4 aromatic rings. The number of benzene rings is 4. The molecule has 0 N–H and O–H groups in total. The van der Waals surface area contributed by atoms with Crippen LogP contribution in [0.3, 0.4) is 0 Å². The molecule has 0 saturated heterocycles. The van der Waals surface area contributed by atoms with E-state index in [1.807, 2.05) is 72.8 Å². The van der Waals surface area contributed by atoms with Gasteiger partial charge < -0.3 is 14.4 Å². The molecule has 0 spiro atoms. The Hall–Kier alpha value is -2.15. The maximum Gasteiger partial charge on any atom is 0.0269 e. The summed E-state index contributed by atoms with van der Waals surface area (Å²) in [6.07, 6.45) is 0.996. The summed E-state index contributed by atoms with van der Waals surface area (Å²) >= 11 is 0. The van der Waals surface area contributed by atoms with Gasteiger partial charge >= 0.3 is 0 Å². The van der Waals surface area contributed by atoms with Crippen LogP contribution in [-0.2, 0) is 4.57 Å². The number of rotatable bonds is 11. The van der Waals surface area contributed by atoms with Crippen molar-refractivity contribution in [2.45, 2.75) is 0 Å². The van der Waals surface area contributed by atoms with Crippen LogP contribution in [-0.4, -0.2) is 30.2 Å². The van der Waals surface area contributed by atoms with Crippen molar-refractivity contribution in [2.24, 2.45) is 0 Å². The average molecular weight is 519 g/mol. The minimum Gasteiger partial charge on any atom is -0.811 e. The lowest BCUT2D eigenvalue weighted by Gasteiger charge is -2.36. The second kappa shape index (κ2) is 12.7. The molecule has 4 nitrogen and oxygen atoms in total. The summed E-state index contributed by atoms with van der Waals surface area (Å²) < 4.78 is 11.6. The van der Waals surface area contributed by atoms with Crippen LogP contribution in [0.4, 0.5) is 0 Å². The van der Waals surface area contributed by atoms with Gasteiger partial charge in [-0.25, -0.2) is 0 Å². The molecule has 0 saturated carbocycles. The molecule has 0 aliphatic heterocycles. The Morgan fingerprint density at radius 3 is 1.09 bits per heavy atom. The van der Waals surface area contributed by atoms with E-state index in [1.54, 1.807) is 0 Å². The lowest BCUT2D eigenvalue weighted by molar-refractivity contribution is -0.313. The SMILES string of the molecule is O=P([O-])([O-])CCN(CP(c1ccccc1)c1ccccc1)CP(c1ccccc1)c1ccccc1. The van der Waals surface area contributed by atoms with Crippen LogP contribution in [0.1, 0.15) is 0 Å². The van der Waals surface area contributed by atoms with Crippen molar-refractivity contribution in [3.05, 3.63) is 121 Å². The standard InChI is InChI=1S/C28H30NO3P3/c30-35(31,32)22-21-29(23-33(25-13-5-1-6-14-25)26-15-7-2-8-16-26)24-34(27-17-9-3-10-18-27)28-19-11-4-12-20-28/h1-20H,21-24H2,(H2,30,31,32)/p-2. The van der Waals surface area contributed by atoms with Gasteiger partial charge in [0.1, 0.15) is 0 Å². The third-order valence-corrected chi connectivity index (χ3v) is 11.4. The van der Waals surface area contributed by atoms with Gasteiger partial charge in [-0.2, -0.15) is 0 Å². The van der Waals surface area contributed by atoms with Crippen LogP contribution in [0.5, 0.6) is 0 Å². The Balaban J connectivity index is 1.69. The number of nitrogens with zero attached hydrogens (tertiary/aromatic N) is 1. The largest absolute Gasteiger partial charge is 0.811 e. The molecule has 0 amide bonds. The van der Waals surface area contributed by atoms with Gasteiger partial charge in [-0.1, -0.05) is 129 Å². The molecule has 35 heavy (non-hydrogen) atoms. The van der Waals surface area contributed by atoms with Crippen molar-refractivity contribution in [3.8, 4) is 0 Å². The van der Waals surface area contributed by atoms with Gasteiger partial charge in [-0.05, 0) is 43.2 Å². The van der Waals surface area contributed by atoms with Crippen molar-refractivity contribution < 1.29 is 14.4 Å². The zero-order valence-corrected chi connectivity index (χ0v) is 22.1. The number of hydrogen-bond acceptors (Lipinski definition) is 4. The summed E-state index contributed by atoms with van der Waals surface area (Å²) in [7, 11) is -6.15. The van der Waals surface area contributed by atoms with E-state index in [2.05, 4.69) is 53.4 Å². The molecule has 0 aliphatic rings. The lowest BCUT2D eigenvalue weighted by Crippen LogP contribution is -2.35. The fourth-order valence-electron chi connectivity index (χ4n) is 3.91. The smallest absolute Gasteiger partial charge is 0.0269 e. The molecule has 4 rings (SSSR count). The first-order valence-corrected chi connectivity index (χ1v) is 16.3. The third kappa shape index (κ3) is 7.92. The summed E-state index contributed by atoms with van der Waals surface area (Å²) in [5.41, 5.74) is 0. The summed E-state index contributed by atoms with van der Waals surface area (Å²) in [5, 5.41) is 4.93. The van der Waals surface area contributed by atoms with E-state index in [4.69, 9.17) is 0 Å². The predicted octanol–water partition coefficient (Wildman–Crippen LogP) is 3.38. The maximum atomic E-state index is 11.6. The van der Waals surface area contributed by atoms with Gasteiger partial charge in [-0.15, -0.1) is 0 Å². The fourth-order valence-corrected chi connectivity index (χ4v) is 9.25. The molecule has 0 aromatic heterocycles. The minimum atomic E-state index is -4.62. The van der Waals surface area contributed by atoms with Crippen molar-refractivity contribution in [3.63, 3.8) is 0 Å². The van der Waals surface area contributed by atoms with E-state index < -0.39 is 23.4 Å². The van der Waals surface area contributed by atoms with Crippen LogP contribution in [0.25, 0.3) is 0 Å². The lowest BCUT2D eigenvalue weighted by atomic mass is 10.4. The molecular weight excluding hydrogens is 491 g/mol. The van der Waals surface area contributed by atoms with E-state index in [9.17, 15) is 14.4 Å². The molecule has 0 atom stereocenters. The van der Waals surface area contributed by atoms with E-state index >= 15 is 0 Å². The van der Waals surface area contributed by atoms with Crippen LogP contribution >= 0.6 is 23.4 Å². The maximum absolute atomic E-state index is 11.6. The minimum absolute atomic E-state index is 0.223. The van der Waals surface area contributed by atoms with Crippen LogP contribution < -0.4 is 31.0 Å². The van der Waals surface area contributed by atoms with Gasteiger partial charge in [0.05, 0.1) is 0 Å². The van der Waals surface area contributed by atoms with E-state index in [0.717, 1.165) is 0 Å². The van der Waals surface area contributed by atoms with Gasteiger partial charge in [0.25, 0.3) is 0 Å². The molecule has 0 radical (unpaired) electrons. The van der Waals surface area contributed by atoms with Gasteiger partial charge in [0, 0.05) is 19.1 Å². The number of hydrogen-bond donors (Lipinski definition) is 0. The zero-order chi connectivity index (χ0) is 24.5. The van der Waals surface area contributed by atoms with Gasteiger partial charge in [0.2, 0.25) is 0 Å². The first kappa shape index (κ1) is 25.9. The normalized spacial score (nSPS) is 11.9. The molecule has 0 unspecified atom stereocenters. The van der Waals surface area contributed by atoms with Crippen LogP contribution in [0, 0.1) is 0 Å². The zero-order valence-electron chi connectivity index (χ0n) is 19.4. The molecule has 7 heteroatoms. The summed E-state index contributed by atoms with van der Waals surface area (Å²) in [6.45, 7) is 0.223. The van der Waals surface area contributed by atoms with Crippen LogP contribution in [0.15, 0.2) is 121 Å². The monoisotopic (exact) mass is 519 g/mol. The highest BCUT2D eigenvalue weighted by molar-refractivity contribution is 7.73. The Morgan fingerprint density at radius 1 is 0.543 bits per heavy atom. The van der Waals surface area contributed by atoms with Gasteiger partial charge in [0.15, 0.2) is 0 Å². The highest BCUT2D eigenvalue weighted by atomic mass is 31.2. The Bertz CT molecular complexity index is 1040. The van der Waals surface area contributed by atoms with Crippen molar-refractivity contribution in [1.29, 1.82) is 0 Å². The van der Waals surface area contributed by atoms with E-state index in [-0.39, 0.29) is 12.7 Å². The molecule has 0 bridgehead atoms. The topological polar surface area (TPSA) is 66.4 Å². The first-order chi connectivity index (χ1) is 17.0. The molecule has 4 aromatic carbocycles. The predicted molar refractivity (Wildman–Crippen MR) is 147 cm³/mol. The summed E-state index contributed by atoms with van der Waals surface area (Å²) in [4.78, 5) is 25.5. The average Bonchev–Trinajstić information content (AvgIpc) is 2.90. The van der Waals surface area contributed by atoms with E-state index in [0.29, 0.717) is 12.6 Å². The second-order valence-corrected chi connectivity index (χ2v) is 14.2. The fraction of sp³-hybridized carbons (Fsp3) is 0.143. The third-order valence-electron chi connectivity index (χ3n) is 5.64. The molecule has 0 fully saturated rings. The van der Waals surface area contributed by atoms with Crippen LogP contribution in [0.2, 0.25) is 0 Å². The van der Waals surface area contributed by atoms with E-state index in [1.165, 1.54) is 21.2 Å².